The molecule has 0 aliphatic rings. The van der Waals surface area contributed by atoms with Gasteiger partial charge in [0.1, 0.15) is 0 Å². The Kier molecular flexibility index (Phi) is 8.41. The van der Waals surface area contributed by atoms with E-state index < -0.39 is 0 Å². The maximum Gasteiger partial charge on any atom is 0.0384 e. The van der Waals surface area contributed by atoms with Crippen molar-refractivity contribution in [2.24, 2.45) is 0 Å². The van der Waals surface area contributed by atoms with Crippen molar-refractivity contribution in [1.82, 2.24) is 0 Å². The van der Waals surface area contributed by atoms with E-state index >= 15 is 0 Å². The quantitative estimate of drug-likeness (QED) is 0.162. The molecule has 6 aromatic carbocycles. The molecule has 0 spiro atoms. The Hall–Kier alpha value is -5.68. The smallest absolute Gasteiger partial charge is 0.0384 e. The van der Waals surface area contributed by atoms with E-state index in [1.165, 1.54) is 52.9 Å². The molecule has 0 bridgehead atoms. The molecule has 0 radical (unpaired) electrons. The summed E-state index contributed by atoms with van der Waals surface area (Å²) in [5.41, 5.74) is 11.6. The van der Waals surface area contributed by atoms with Crippen molar-refractivity contribution in [2.45, 2.75) is 0 Å². The van der Waals surface area contributed by atoms with Gasteiger partial charge in [-0.15, -0.1) is 22.7 Å². The predicted molar refractivity (Wildman–Crippen MR) is 209 cm³/mol. The second kappa shape index (κ2) is 13.6. The van der Waals surface area contributed by atoms with Crippen LogP contribution in [0.25, 0.3) is 52.9 Å². The van der Waals surface area contributed by atoms with Crippen molar-refractivity contribution in [1.29, 1.82) is 0 Å². The number of benzene rings is 6. The van der Waals surface area contributed by atoms with Crippen LogP contribution in [-0.4, -0.2) is 0 Å². The molecule has 0 aliphatic carbocycles. The Balaban J connectivity index is 0.871. The van der Waals surface area contributed by atoms with E-state index in [0.717, 1.165) is 22.7 Å². The van der Waals surface area contributed by atoms with Crippen LogP contribution >= 0.6 is 22.7 Å². The zero-order valence-electron chi connectivity index (χ0n) is 26.1. The topological polar surface area (TPSA) is 24.1 Å². The summed E-state index contributed by atoms with van der Waals surface area (Å²) in [5.74, 6) is 0. The van der Waals surface area contributed by atoms with Crippen molar-refractivity contribution >= 4 is 45.4 Å². The van der Waals surface area contributed by atoms with Crippen molar-refractivity contribution in [2.75, 3.05) is 10.6 Å². The first-order valence-corrected chi connectivity index (χ1v) is 17.6. The van der Waals surface area contributed by atoms with Gasteiger partial charge < -0.3 is 10.6 Å². The van der Waals surface area contributed by atoms with Gasteiger partial charge in [-0.05, 0) is 106 Å². The Morgan fingerprint density at radius 2 is 0.479 bits per heavy atom. The highest BCUT2D eigenvalue weighted by Crippen LogP contribution is 2.36. The molecule has 0 unspecified atom stereocenters. The number of rotatable bonds is 9. The molecule has 0 saturated heterocycles. The van der Waals surface area contributed by atoms with Gasteiger partial charge in [-0.25, -0.2) is 0 Å². The standard InChI is InChI=1S/C44H32N2S2/c1-3-7-33(8-4-1)41-27-29-43(47-41)35-15-23-39(24-16-35)45-37-19-11-31(12-20-37)32-13-21-38(22-14-32)46-40-25-17-36(18-26-40)44-30-28-42(48-44)34-9-5-2-6-10-34/h1-30,45-46H. The lowest BCUT2D eigenvalue weighted by molar-refractivity contribution is 1.53. The molecule has 4 heteroatoms. The molecule has 0 fully saturated rings. The Bertz CT molecular complexity index is 2070. The molecule has 0 atom stereocenters. The molecule has 0 amide bonds. The minimum Gasteiger partial charge on any atom is -0.356 e. The van der Waals surface area contributed by atoms with Crippen LogP contribution in [0.4, 0.5) is 22.7 Å². The first-order chi connectivity index (χ1) is 23.7. The van der Waals surface area contributed by atoms with Crippen molar-refractivity contribution < 1.29 is 0 Å². The Morgan fingerprint density at radius 1 is 0.229 bits per heavy atom. The minimum atomic E-state index is 1.06. The first-order valence-electron chi connectivity index (χ1n) is 16.0. The molecule has 8 aromatic rings. The normalized spacial score (nSPS) is 10.9. The third kappa shape index (κ3) is 6.72. The van der Waals surface area contributed by atoms with Gasteiger partial charge >= 0.3 is 0 Å². The summed E-state index contributed by atoms with van der Waals surface area (Å²) in [6.45, 7) is 0. The van der Waals surface area contributed by atoms with E-state index in [-0.39, 0.29) is 0 Å². The lowest BCUT2D eigenvalue weighted by Gasteiger charge is -2.10. The molecule has 230 valence electrons. The van der Waals surface area contributed by atoms with E-state index in [1.54, 1.807) is 0 Å². The number of anilines is 4. The lowest BCUT2D eigenvalue weighted by atomic mass is 10.0. The van der Waals surface area contributed by atoms with Crippen LogP contribution in [0, 0.1) is 0 Å². The molecule has 48 heavy (non-hydrogen) atoms. The zero-order valence-corrected chi connectivity index (χ0v) is 27.8. The SMILES string of the molecule is c1ccc(-c2ccc(-c3ccc(Nc4ccc(-c5ccc(Nc6ccc(-c7ccc(-c8ccccc8)s7)cc6)cc5)cc4)cc3)s2)cc1. The monoisotopic (exact) mass is 652 g/mol. The molecule has 2 aromatic heterocycles. The maximum absolute atomic E-state index is 3.55. The average Bonchev–Trinajstić information content (AvgIpc) is 3.86. The van der Waals surface area contributed by atoms with E-state index in [1.807, 2.05) is 22.7 Å². The average molecular weight is 653 g/mol. The summed E-state index contributed by atoms with van der Waals surface area (Å²) < 4.78 is 0. The summed E-state index contributed by atoms with van der Waals surface area (Å²) in [5, 5.41) is 7.09. The van der Waals surface area contributed by atoms with Crippen molar-refractivity contribution in [3.05, 3.63) is 182 Å². The number of hydrogen-bond donors (Lipinski definition) is 2. The van der Waals surface area contributed by atoms with E-state index in [0.29, 0.717) is 0 Å². The zero-order chi connectivity index (χ0) is 32.1. The molecule has 2 nitrogen and oxygen atoms in total. The van der Waals surface area contributed by atoms with Crippen LogP contribution in [0.3, 0.4) is 0 Å². The van der Waals surface area contributed by atoms with Gasteiger partial charge in [-0.1, -0.05) is 109 Å². The van der Waals surface area contributed by atoms with Crippen LogP contribution in [0.5, 0.6) is 0 Å². The van der Waals surface area contributed by atoms with Gasteiger partial charge in [-0.3, -0.25) is 0 Å². The third-order valence-corrected chi connectivity index (χ3v) is 10.7. The summed E-state index contributed by atoms with van der Waals surface area (Å²) in [7, 11) is 0. The first kappa shape index (κ1) is 29.7. The highest BCUT2D eigenvalue weighted by Gasteiger charge is 2.07. The molecular weight excluding hydrogens is 621 g/mol. The number of hydrogen-bond acceptors (Lipinski definition) is 4. The second-order valence-electron chi connectivity index (χ2n) is 11.6. The maximum atomic E-state index is 3.55. The van der Waals surface area contributed by atoms with Crippen LogP contribution < -0.4 is 10.6 Å². The molecule has 0 saturated carbocycles. The molecular formula is C44H32N2S2. The predicted octanol–water partition coefficient (Wildman–Crippen LogP) is 13.6. The van der Waals surface area contributed by atoms with Crippen molar-refractivity contribution in [3.8, 4) is 52.9 Å². The minimum absolute atomic E-state index is 1.06. The highest BCUT2D eigenvalue weighted by atomic mass is 32.1. The van der Waals surface area contributed by atoms with Gasteiger partial charge in [0.05, 0.1) is 0 Å². The molecule has 8 rings (SSSR count). The fourth-order valence-corrected chi connectivity index (χ4v) is 7.80. The summed E-state index contributed by atoms with van der Waals surface area (Å²) in [6, 6.07) is 64.5. The summed E-state index contributed by atoms with van der Waals surface area (Å²) in [4.78, 5) is 5.12. The Morgan fingerprint density at radius 3 is 0.771 bits per heavy atom. The van der Waals surface area contributed by atoms with Crippen molar-refractivity contribution in [3.63, 3.8) is 0 Å². The Labute approximate surface area is 289 Å². The van der Waals surface area contributed by atoms with Gasteiger partial charge in [0.2, 0.25) is 0 Å². The van der Waals surface area contributed by atoms with E-state index in [9.17, 15) is 0 Å². The number of thiophene rings is 2. The van der Waals surface area contributed by atoms with Crippen LogP contribution in [-0.2, 0) is 0 Å². The molecule has 2 N–H and O–H groups in total. The summed E-state index contributed by atoms with van der Waals surface area (Å²) in [6.07, 6.45) is 0. The fraction of sp³-hybridized carbons (Fsp3) is 0. The van der Waals surface area contributed by atoms with Crippen LogP contribution in [0.1, 0.15) is 0 Å². The van der Waals surface area contributed by atoms with E-state index in [2.05, 4.69) is 193 Å². The fourth-order valence-electron chi connectivity index (χ4n) is 5.76. The second-order valence-corrected chi connectivity index (χ2v) is 13.8. The van der Waals surface area contributed by atoms with Crippen LogP contribution in [0.2, 0.25) is 0 Å². The van der Waals surface area contributed by atoms with E-state index in [4.69, 9.17) is 0 Å². The molecule has 2 heterocycles. The largest absolute Gasteiger partial charge is 0.356 e. The molecule has 0 aliphatic heterocycles. The van der Waals surface area contributed by atoms with Crippen LogP contribution in [0.15, 0.2) is 182 Å². The van der Waals surface area contributed by atoms with Gasteiger partial charge in [0.25, 0.3) is 0 Å². The lowest BCUT2D eigenvalue weighted by Crippen LogP contribution is -1.91. The third-order valence-electron chi connectivity index (χ3n) is 8.35. The summed E-state index contributed by atoms with van der Waals surface area (Å²) >= 11 is 3.65. The highest BCUT2D eigenvalue weighted by molar-refractivity contribution is 7.19. The van der Waals surface area contributed by atoms with Gasteiger partial charge in [0, 0.05) is 42.3 Å². The van der Waals surface area contributed by atoms with Gasteiger partial charge in [-0.2, -0.15) is 0 Å². The number of nitrogens with one attached hydrogen (secondary N) is 2. The van der Waals surface area contributed by atoms with Gasteiger partial charge in [0.15, 0.2) is 0 Å².